The Morgan fingerprint density at radius 1 is 1.12 bits per heavy atom. The van der Waals surface area contributed by atoms with E-state index in [1.807, 2.05) is 13.8 Å². The van der Waals surface area contributed by atoms with Crippen LogP contribution in [0.3, 0.4) is 0 Å². The molecular weight excluding hydrogens is 324 g/mol. The number of hydrogen-bond donors (Lipinski definition) is 2. The smallest absolute Gasteiger partial charge is 0.251 e. The van der Waals surface area contributed by atoms with E-state index >= 15 is 0 Å². The molecule has 1 aliphatic rings. The molecule has 1 aromatic carbocycles. The van der Waals surface area contributed by atoms with Crippen LogP contribution >= 0.6 is 11.6 Å². The van der Waals surface area contributed by atoms with Gasteiger partial charge < -0.3 is 10.6 Å². The topological polar surface area (TPSA) is 58.2 Å². The summed E-state index contributed by atoms with van der Waals surface area (Å²) < 4.78 is 0. The highest BCUT2D eigenvalue weighted by molar-refractivity contribution is 6.30. The monoisotopic (exact) mass is 350 g/mol. The van der Waals surface area contributed by atoms with E-state index in [-0.39, 0.29) is 23.8 Å². The molecule has 1 aromatic rings. The van der Waals surface area contributed by atoms with Crippen LogP contribution in [0.2, 0.25) is 5.02 Å². The molecule has 0 saturated heterocycles. The lowest BCUT2D eigenvalue weighted by Crippen LogP contribution is -2.53. The molecule has 3 unspecified atom stereocenters. The second-order valence-corrected chi connectivity index (χ2v) is 7.52. The summed E-state index contributed by atoms with van der Waals surface area (Å²) in [5, 5.41) is 6.58. The number of halogens is 1. The summed E-state index contributed by atoms with van der Waals surface area (Å²) in [5.74, 6) is 0.158. The molecule has 2 N–H and O–H groups in total. The van der Waals surface area contributed by atoms with Crippen molar-refractivity contribution in [2.24, 2.45) is 11.8 Å². The van der Waals surface area contributed by atoms with E-state index in [0.29, 0.717) is 16.5 Å². The van der Waals surface area contributed by atoms with Crippen LogP contribution in [-0.4, -0.2) is 23.9 Å². The van der Waals surface area contributed by atoms with E-state index in [1.165, 1.54) is 6.42 Å². The highest BCUT2D eigenvalue weighted by atomic mass is 35.5. The average molecular weight is 351 g/mol. The summed E-state index contributed by atoms with van der Waals surface area (Å²) in [6, 6.07) is 6.34. The molecule has 2 amide bonds. The van der Waals surface area contributed by atoms with Gasteiger partial charge in [0.1, 0.15) is 6.04 Å². The molecular formula is C19H27ClN2O2. The fourth-order valence-electron chi connectivity index (χ4n) is 3.16. The number of rotatable bonds is 5. The number of benzene rings is 1. The van der Waals surface area contributed by atoms with Gasteiger partial charge in [-0.25, -0.2) is 0 Å². The second kappa shape index (κ2) is 8.52. The van der Waals surface area contributed by atoms with Gasteiger partial charge in [-0.2, -0.15) is 0 Å². The zero-order valence-electron chi connectivity index (χ0n) is 14.6. The fourth-order valence-corrected chi connectivity index (χ4v) is 3.29. The molecule has 1 aliphatic carbocycles. The third-order valence-corrected chi connectivity index (χ3v) is 5.03. The summed E-state index contributed by atoms with van der Waals surface area (Å²) in [6.07, 6.45) is 4.55. The maximum absolute atomic E-state index is 12.7. The summed E-state index contributed by atoms with van der Waals surface area (Å²) in [5.41, 5.74) is 0.504. The van der Waals surface area contributed by atoms with Crippen LogP contribution in [0.25, 0.3) is 0 Å². The van der Waals surface area contributed by atoms with E-state index in [9.17, 15) is 9.59 Å². The van der Waals surface area contributed by atoms with E-state index < -0.39 is 6.04 Å². The lowest BCUT2D eigenvalue weighted by Gasteiger charge is -2.32. The Morgan fingerprint density at radius 3 is 2.33 bits per heavy atom. The SMILES string of the molecule is CC(C)C(NC(=O)c1ccc(Cl)cc1)C(=O)NC1CCCCC1C. The first kappa shape index (κ1) is 18.8. The summed E-state index contributed by atoms with van der Waals surface area (Å²) in [7, 11) is 0. The maximum Gasteiger partial charge on any atom is 0.251 e. The van der Waals surface area contributed by atoms with Gasteiger partial charge in [0.15, 0.2) is 0 Å². The van der Waals surface area contributed by atoms with Gasteiger partial charge in [0.2, 0.25) is 5.91 Å². The minimum absolute atomic E-state index is 0.0140. The van der Waals surface area contributed by atoms with Crippen LogP contribution in [0.15, 0.2) is 24.3 Å². The fraction of sp³-hybridized carbons (Fsp3) is 0.579. The summed E-state index contributed by atoms with van der Waals surface area (Å²) in [4.78, 5) is 25.1. The van der Waals surface area contributed by atoms with Crippen LogP contribution in [-0.2, 0) is 4.79 Å². The molecule has 24 heavy (non-hydrogen) atoms. The first-order chi connectivity index (χ1) is 11.4. The zero-order chi connectivity index (χ0) is 17.7. The van der Waals surface area contributed by atoms with Crippen molar-refractivity contribution in [1.29, 1.82) is 0 Å². The molecule has 5 heteroatoms. The Balaban J connectivity index is 2.01. The molecule has 0 bridgehead atoms. The quantitative estimate of drug-likeness (QED) is 0.848. The van der Waals surface area contributed by atoms with Gasteiger partial charge in [-0.3, -0.25) is 9.59 Å². The van der Waals surface area contributed by atoms with E-state index in [1.54, 1.807) is 24.3 Å². The predicted octanol–water partition coefficient (Wildman–Crippen LogP) is 3.79. The lowest BCUT2D eigenvalue weighted by molar-refractivity contribution is -0.125. The van der Waals surface area contributed by atoms with Crippen molar-refractivity contribution in [3.8, 4) is 0 Å². The predicted molar refractivity (Wildman–Crippen MR) is 97.1 cm³/mol. The molecule has 0 spiro atoms. The van der Waals surface area contributed by atoms with Gasteiger partial charge in [-0.15, -0.1) is 0 Å². The van der Waals surface area contributed by atoms with Crippen LogP contribution in [0.1, 0.15) is 56.8 Å². The number of hydrogen-bond acceptors (Lipinski definition) is 2. The summed E-state index contributed by atoms with van der Waals surface area (Å²) >= 11 is 5.85. The van der Waals surface area contributed by atoms with Crippen molar-refractivity contribution in [2.45, 2.75) is 58.5 Å². The van der Waals surface area contributed by atoms with Gasteiger partial charge in [0.05, 0.1) is 0 Å². The molecule has 0 heterocycles. The third kappa shape index (κ3) is 4.97. The van der Waals surface area contributed by atoms with Gasteiger partial charge in [0.25, 0.3) is 5.91 Å². The molecule has 3 atom stereocenters. The third-order valence-electron chi connectivity index (χ3n) is 4.78. The molecule has 132 valence electrons. The van der Waals surface area contributed by atoms with Crippen molar-refractivity contribution in [1.82, 2.24) is 10.6 Å². The standard InChI is InChI=1S/C19H27ClN2O2/c1-12(2)17(19(24)21-16-7-5-4-6-13(16)3)22-18(23)14-8-10-15(20)11-9-14/h8-13,16-17H,4-7H2,1-3H3,(H,21,24)(H,22,23). The maximum atomic E-state index is 12.7. The number of carbonyl (C=O) groups is 2. The largest absolute Gasteiger partial charge is 0.351 e. The highest BCUT2D eigenvalue weighted by Gasteiger charge is 2.29. The Labute approximate surface area is 149 Å². The van der Waals surface area contributed by atoms with Crippen molar-refractivity contribution < 1.29 is 9.59 Å². The molecule has 1 fully saturated rings. The highest BCUT2D eigenvalue weighted by Crippen LogP contribution is 2.24. The molecule has 0 aliphatic heterocycles. The van der Waals surface area contributed by atoms with Crippen LogP contribution in [0.4, 0.5) is 0 Å². The van der Waals surface area contributed by atoms with E-state index in [2.05, 4.69) is 17.6 Å². The first-order valence-corrected chi connectivity index (χ1v) is 9.13. The van der Waals surface area contributed by atoms with Crippen molar-refractivity contribution >= 4 is 23.4 Å². The number of nitrogens with one attached hydrogen (secondary N) is 2. The van der Waals surface area contributed by atoms with Crippen LogP contribution in [0.5, 0.6) is 0 Å². The normalized spacial score (nSPS) is 22.0. The van der Waals surface area contributed by atoms with E-state index in [4.69, 9.17) is 11.6 Å². The van der Waals surface area contributed by atoms with Gasteiger partial charge in [-0.05, 0) is 48.9 Å². The second-order valence-electron chi connectivity index (χ2n) is 7.08. The minimum atomic E-state index is -0.540. The Hall–Kier alpha value is -1.55. The van der Waals surface area contributed by atoms with Crippen molar-refractivity contribution in [3.05, 3.63) is 34.9 Å². The number of carbonyl (C=O) groups excluding carboxylic acids is 2. The Bertz CT molecular complexity index is 571. The molecule has 0 radical (unpaired) electrons. The average Bonchev–Trinajstić information content (AvgIpc) is 2.54. The molecule has 2 rings (SSSR count). The lowest BCUT2D eigenvalue weighted by atomic mass is 9.85. The van der Waals surface area contributed by atoms with Crippen LogP contribution in [0, 0.1) is 11.8 Å². The Kier molecular flexibility index (Phi) is 6.67. The number of amides is 2. The van der Waals surface area contributed by atoms with Crippen molar-refractivity contribution in [3.63, 3.8) is 0 Å². The molecule has 0 aromatic heterocycles. The summed E-state index contributed by atoms with van der Waals surface area (Å²) in [6.45, 7) is 6.06. The van der Waals surface area contributed by atoms with Gasteiger partial charge in [0, 0.05) is 16.6 Å². The minimum Gasteiger partial charge on any atom is -0.351 e. The van der Waals surface area contributed by atoms with Gasteiger partial charge in [-0.1, -0.05) is 45.2 Å². The van der Waals surface area contributed by atoms with Gasteiger partial charge >= 0.3 is 0 Å². The first-order valence-electron chi connectivity index (χ1n) is 8.75. The zero-order valence-corrected chi connectivity index (χ0v) is 15.4. The van der Waals surface area contributed by atoms with Crippen LogP contribution < -0.4 is 10.6 Å². The van der Waals surface area contributed by atoms with Crippen molar-refractivity contribution in [2.75, 3.05) is 0 Å². The Morgan fingerprint density at radius 2 is 1.75 bits per heavy atom. The molecule has 1 saturated carbocycles. The van der Waals surface area contributed by atoms with E-state index in [0.717, 1.165) is 19.3 Å². The molecule has 4 nitrogen and oxygen atoms in total.